The van der Waals surface area contributed by atoms with Crippen LogP contribution in [-0.4, -0.2) is 67.2 Å². The van der Waals surface area contributed by atoms with E-state index in [0.717, 1.165) is 25.0 Å². The minimum atomic E-state index is -1.82. The van der Waals surface area contributed by atoms with Gasteiger partial charge in [0.2, 0.25) is 0 Å². The van der Waals surface area contributed by atoms with Crippen molar-refractivity contribution in [1.82, 2.24) is 5.32 Å². The minimum Gasteiger partial charge on any atom is -0.504 e. The van der Waals surface area contributed by atoms with Crippen LogP contribution in [0.1, 0.15) is 43.2 Å². The van der Waals surface area contributed by atoms with E-state index in [0.29, 0.717) is 11.1 Å². The molecular weight excluding hydrogens is 510 g/mol. The second-order valence-corrected chi connectivity index (χ2v) is 9.64. The third-order valence-corrected chi connectivity index (χ3v) is 6.49. The Morgan fingerprint density at radius 1 is 0.769 bits per heavy atom. The lowest BCUT2D eigenvalue weighted by Gasteiger charge is -2.39. The van der Waals surface area contributed by atoms with E-state index < -0.39 is 35.7 Å². The van der Waals surface area contributed by atoms with Crippen molar-refractivity contribution in [2.75, 3.05) is 0 Å². The molecule has 6 N–H and O–H groups in total. The van der Waals surface area contributed by atoms with Crippen molar-refractivity contribution >= 4 is 30.0 Å². The number of carbonyl (C=O) groups excluding carboxylic acids is 3. The van der Waals surface area contributed by atoms with E-state index in [4.69, 9.17) is 9.47 Å². The van der Waals surface area contributed by atoms with Crippen molar-refractivity contribution < 1.29 is 49.4 Å². The molecule has 11 heteroatoms. The van der Waals surface area contributed by atoms with Crippen LogP contribution in [0.4, 0.5) is 0 Å². The molecule has 0 unspecified atom stereocenters. The average Bonchev–Trinajstić information content (AvgIpc) is 3.71. The predicted molar refractivity (Wildman–Crippen MR) is 137 cm³/mol. The Morgan fingerprint density at radius 3 is 1.77 bits per heavy atom. The van der Waals surface area contributed by atoms with Crippen LogP contribution in [0.2, 0.25) is 0 Å². The first-order valence-corrected chi connectivity index (χ1v) is 12.4. The number of amides is 1. The highest BCUT2D eigenvalue weighted by atomic mass is 16.6. The number of phenolic OH excluding ortho intramolecular Hbond substituents is 4. The standard InChI is InChI=1S/C28H29NO10/c30-19-7-1-16(13-21(19)32)3-9-25(34)38-23-11-12-28(37,27(36)29-18-5-6-18)15-24(23)39-26(35)10-4-17-2-8-20(31)22(33)14-17/h1-4,7-10,13-14,18,23-24,30-33,37H,5-6,11-12,15H2,(H,29,36)/b9-3+,10-4+/t23-,24-,28+/m1/s1. The number of aromatic hydroxyl groups is 4. The summed E-state index contributed by atoms with van der Waals surface area (Å²) in [5.41, 5.74) is -0.993. The number of hydrogen-bond donors (Lipinski definition) is 6. The van der Waals surface area contributed by atoms with E-state index in [-0.39, 0.29) is 48.3 Å². The van der Waals surface area contributed by atoms with Crippen LogP contribution >= 0.6 is 0 Å². The highest BCUT2D eigenvalue weighted by Crippen LogP contribution is 2.34. The maximum Gasteiger partial charge on any atom is 0.331 e. The number of phenols is 4. The second kappa shape index (κ2) is 11.5. The van der Waals surface area contributed by atoms with Crippen LogP contribution in [0.25, 0.3) is 12.2 Å². The van der Waals surface area contributed by atoms with Crippen molar-refractivity contribution in [3.05, 3.63) is 59.7 Å². The zero-order valence-electron chi connectivity index (χ0n) is 20.8. The molecule has 0 saturated heterocycles. The molecule has 11 nitrogen and oxygen atoms in total. The van der Waals surface area contributed by atoms with Crippen molar-refractivity contribution in [3.8, 4) is 23.0 Å². The monoisotopic (exact) mass is 539 g/mol. The summed E-state index contributed by atoms with van der Waals surface area (Å²) in [5.74, 6) is -3.54. The Hall–Kier alpha value is -4.51. The Labute approximate surface area is 223 Å². The number of rotatable bonds is 8. The first kappa shape index (κ1) is 27.5. The van der Waals surface area contributed by atoms with Crippen LogP contribution in [0.5, 0.6) is 23.0 Å². The summed E-state index contributed by atoms with van der Waals surface area (Å²) in [6, 6.07) is 7.95. The molecule has 1 amide bonds. The number of esters is 2. The number of nitrogens with one attached hydrogen (secondary N) is 1. The van der Waals surface area contributed by atoms with Crippen LogP contribution < -0.4 is 5.32 Å². The zero-order valence-corrected chi connectivity index (χ0v) is 20.8. The molecule has 2 aromatic carbocycles. The molecule has 2 aliphatic rings. The van der Waals surface area contributed by atoms with Crippen molar-refractivity contribution in [1.29, 1.82) is 0 Å². The smallest absolute Gasteiger partial charge is 0.331 e. The fourth-order valence-corrected chi connectivity index (χ4v) is 4.13. The highest BCUT2D eigenvalue weighted by molar-refractivity contribution is 5.89. The SMILES string of the molecule is O=C(/C=C/c1ccc(O)c(O)c1)O[C@@H]1CC[C@@](O)(C(=O)NC2CC2)C[C@H]1OC(=O)/C=C/c1ccc(O)c(O)c1. The molecule has 0 aromatic heterocycles. The lowest BCUT2D eigenvalue weighted by atomic mass is 9.80. The maximum absolute atomic E-state index is 12.7. The summed E-state index contributed by atoms with van der Waals surface area (Å²) in [6.07, 6.45) is 4.15. The second-order valence-electron chi connectivity index (χ2n) is 9.64. The number of hydrogen-bond acceptors (Lipinski definition) is 10. The van der Waals surface area contributed by atoms with Gasteiger partial charge in [-0.2, -0.15) is 0 Å². The first-order chi connectivity index (χ1) is 18.5. The van der Waals surface area contributed by atoms with Gasteiger partial charge in [0.25, 0.3) is 5.91 Å². The van der Waals surface area contributed by atoms with Crippen molar-refractivity contribution in [3.63, 3.8) is 0 Å². The van der Waals surface area contributed by atoms with Gasteiger partial charge < -0.3 is 40.3 Å². The summed E-state index contributed by atoms with van der Waals surface area (Å²) in [6.45, 7) is 0. The molecule has 4 rings (SSSR count). The van der Waals surface area contributed by atoms with Gasteiger partial charge in [0, 0.05) is 24.6 Å². The van der Waals surface area contributed by atoms with Gasteiger partial charge in [0.15, 0.2) is 23.0 Å². The van der Waals surface area contributed by atoms with Crippen LogP contribution in [-0.2, 0) is 23.9 Å². The van der Waals surface area contributed by atoms with E-state index in [1.807, 2.05) is 0 Å². The molecule has 39 heavy (non-hydrogen) atoms. The number of benzene rings is 2. The zero-order chi connectivity index (χ0) is 28.2. The molecule has 3 atom stereocenters. The fourth-order valence-electron chi connectivity index (χ4n) is 4.13. The van der Waals surface area contributed by atoms with Crippen LogP contribution in [0.15, 0.2) is 48.6 Å². The van der Waals surface area contributed by atoms with Gasteiger partial charge in [-0.05, 0) is 73.2 Å². The van der Waals surface area contributed by atoms with Gasteiger partial charge in [-0.15, -0.1) is 0 Å². The van der Waals surface area contributed by atoms with Gasteiger partial charge in [0.05, 0.1) is 0 Å². The Morgan fingerprint density at radius 2 is 1.28 bits per heavy atom. The lowest BCUT2D eigenvalue weighted by molar-refractivity contribution is -0.180. The van der Waals surface area contributed by atoms with Crippen molar-refractivity contribution in [2.45, 2.75) is 56.0 Å². The van der Waals surface area contributed by atoms with Crippen molar-refractivity contribution in [2.24, 2.45) is 0 Å². The quantitative estimate of drug-likeness (QED) is 0.165. The fraction of sp³-hybridized carbons (Fsp3) is 0.321. The summed E-state index contributed by atoms with van der Waals surface area (Å²) in [7, 11) is 0. The molecule has 2 saturated carbocycles. The molecule has 0 aliphatic heterocycles. The van der Waals surface area contributed by atoms with E-state index in [1.54, 1.807) is 0 Å². The predicted octanol–water partition coefficient (Wildman–Crippen LogP) is 2.25. The van der Waals surface area contributed by atoms with Gasteiger partial charge in [-0.1, -0.05) is 12.1 Å². The maximum atomic E-state index is 12.7. The number of ether oxygens (including phenoxy) is 2. The van der Waals surface area contributed by atoms with Gasteiger partial charge >= 0.3 is 11.9 Å². The topological polar surface area (TPSA) is 183 Å². The molecular formula is C28H29NO10. The Balaban J connectivity index is 1.45. The van der Waals surface area contributed by atoms with Gasteiger partial charge in [-0.25, -0.2) is 9.59 Å². The summed E-state index contributed by atoms with van der Waals surface area (Å²) >= 11 is 0. The highest BCUT2D eigenvalue weighted by Gasteiger charge is 2.48. The van der Waals surface area contributed by atoms with Gasteiger partial charge in [-0.3, -0.25) is 4.79 Å². The molecule has 0 heterocycles. The molecule has 0 spiro atoms. The molecule has 2 aliphatic carbocycles. The summed E-state index contributed by atoms with van der Waals surface area (Å²) in [4.78, 5) is 37.8. The molecule has 2 aromatic rings. The van der Waals surface area contributed by atoms with E-state index in [9.17, 15) is 39.9 Å². The summed E-state index contributed by atoms with van der Waals surface area (Å²) in [5, 5.41) is 51.9. The van der Waals surface area contributed by atoms with E-state index in [2.05, 4.69) is 5.32 Å². The largest absolute Gasteiger partial charge is 0.504 e. The third-order valence-electron chi connectivity index (χ3n) is 6.49. The van der Waals surface area contributed by atoms with E-state index >= 15 is 0 Å². The molecule has 206 valence electrons. The van der Waals surface area contributed by atoms with Crippen LogP contribution in [0, 0.1) is 0 Å². The molecule has 2 fully saturated rings. The number of aliphatic hydroxyl groups is 1. The Kier molecular flexibility index (Phi) is 8.10. The molecule has 0 bridgehead atoms. The average molecular weight is 540 g/mol. The lowest BCUT2D eigenvalue weighted by Crippen LogP contribution is -2.55. The summed E-state index contributed by atoms with van der Waals surface area (Å²) < 4.78 is 11.0. The Bertz CT molecular complexity index is 1320. The van der Waals surface area contributed by atoms with Gasteiger partial charge in [0.1, 0.15) is 17.8 Å². The van der Waals surface area contributed by atoms with E-state index in [1.165, 1.54) is 48.6 Å². The molecule has 0 radical (unpaired) electrons. The van der Waals surface area contributed by atoms with Crippen LogP contribution in [0.3, 0.4) is 0 Å². The minimum absolute atomic E-state index is 0.00667. The number of carbonyl (C=O) groups is 3. The normalized spacial score (nSPS) is 23.0. The third kappa shape index (κ3) is 7.29. The first-order valence-electron chi connectivity index (χ1n) is 12.4.